The molecule has 4 heteroatoms. The Hall–Kier alpha value is -1.22. The van der Waals surface area contributed by atoms with E-state index in [-0.39, 0.29) is 0 Å². The van der Waals surface area contributed by atoms with Gasteiger partial charge in [-0.1, -0.05) is 31.0 Å². The average Bonchev–Trinajstić information content (AvgIpc) is 2.26. The van der Waals surface area contributed by atoms with Gasteiger partial charge in [-0.3, -0.25) is 4.79 Å². The van der Waals surface area contributed by atoms with Crippen molar-refractivity contribution in [2.75, 3.05) is 7.11 Å². The first-order chi connectivity index (χ1) is 7.60. The summed E-state index contributed by atoms with van der Waals surface area (Å²) in [6.45, 7) is 1.96. The number of ether oxygens (including phenoxy) is 1. The predicted molar refractivity (Wildman–Crippen MR) is 63.3 cm³/mol. The summed E-state index contributed by atoms with van der Waals surface area (Å²) in [6, 6.07) is 5.09. The third-order valence-corrected chi connectivity index (χ3v) is 2.77. The summed E-state index contributed by atoms with van der Waals surface area (Å²) in [5, 5.41) is 9.61. The molecule has 0 fully saturated rings. The van der Waals surface area contributed by atoms with Crippen LogP contribution in [0, 0.1) is 0 Å². The normalized spacial score (nSPS) is 12.2. The van der Waals surface area contributed by atoms with Gasteiger partial charge in [-0.15, -0.1) is 0 Å². The summed E-state index contributed by atoms with van der Waals surface area (Å²) in [5.74, 6) is -0.788. The molecule has 1 unspecified atom stereocenters. The fourth-order valence-corrected chi connectivity index (χ4v) is 1.81. The van der Waals surface area contributed by atoms with Crippen molar-refractivity contribution < 1.29 is 14.6 Å². The van der Waals surface area contributed by atoms with E-state index >= 15 is 0 Å². The van der Waals surface area contributed by atoms with Crippen molar-refractivity contribution in [2.24, 2.45) is 0 Å². The van der Waals surface area contributed by atoms with Crippen LogP contribution in [0.2, 0.25) is 5.02 Å². The molecule has 1 atom stereocenters. The van der Waals surface area contributed by atoms with Gasteiger partial charge in [0.15, 0.2) is 0 Å². The zero-order chi connectivity index (χ0) is 12.1. The quantitative estimate of drug-likeness (QED) is 0.862. The van der Waals surface area contributed by atoms with Gasteiger partial charge in [0.05, 0.1) is 18.1 Å². The average molecular weight is 243 g/mol. The topological polar surface area (TPSA) is 46.5 Å². The Morgan fingerprint density at radius 3 is 2.75 bits per heavy atom. The Labute approximate surface area is 100.0 Å². The summed E-state index contributed by atoms with van der Waals surface area (Å²) in [6.07, 6.45) is 1.43. The second kappa shape index (κ2) is 5.75. The van der Waals surface area contributed by atoms with E-state index < -0.39 is 11.9 Å². The van der Waals surface area contributed by atoms with E-state index in [0.717, 1.165) is 12.0 Å². The Morgan fingerprint density at radius 2 is 2.25 bits per heavy atom. The fourth-order valence-electron chi connectivity index (χ4n) is 1.61. The van der Waals surface area contributed by atoms with E-state index in [1.54, 1.807) is 18.2 Å². The smallest absolute Gasteiger partial charge is 0.310 e. The Morgan fingerprint density at radius 1 is 1.56 bits per heavy atom. The minimum absolute atomic E-state index is 0.490. The van der Waals surface area contributed by atoms with E-state index in [9.17, 15) is 4.79 Å². The highest BCUT2D eigenvalue weighted by Gasteiger charge is 2.19. The molecule has 0 radical (unpaired) electrons. The van der Waals surface area contributed by atoms with Crippen molar-refractivity contribution in [2.45, 2.75) is 25.7 Å². The number of carbonyl (C=O) groups is 1. The summed E-state index contributed by atoms with van der Waals surface area (Å²) < 4.78 is 5.07. The summed E-state index contributed by atoms with van der Waals surface area (Å²) in [4.78, 5) is 11.1. The van der Waals surface area contributed by atoms with Crippen LogP contribution in [0.25, 0.3) is 0 Å². The van der Waals surface area contributed by atoms with Crippen LogP contribution in [0.15, 0.2) is 18.2 Å². The highest BCUT2D eigenvalue weighted by molar-refractivity contribution is 6.32. The number of hydrogen-bond donors (Lipinski definition) is 1. The first kappa shape index (κ1) is 12.8. The third-order valence-electron chi connectivity index (χ3n) is 2.45. The van der Waals surface area contributed by atoms with Crippen molar-refractivity contribution in [3.63, 3.8) is 0 Å². The van der Waals surface area contributed by atoms with Gasteiger partial charge in [0.2, 0.25) is 0 Å². The van der Waals surface area contributed by atoms with Gasteiger partial charge in [-0.05, 0) is 24.1 Å². The van der Waals surface area contributed by atoms with Crippen molar-refractivity contribution in [1.82, 2.24) is 0 Å². The number of carboxylic acids is 1. The molecule has 1 aromatic rings. The minimum Gasteiger partial charge on any atom is -0.495 e. The van der Waals surface area contributed by atoms with E-state index in [1.807, 2.05) is 6.92 Å². The van der Waals surface area contributed by atoms with Gasteiger partial charge in [0.1, 0.15) is 5.75 Å². The van der Waals surface area contributed by atoms with Crippen LogP contribution in [0.4, 0.5) is 0 Å². The minimum atomic E-state index is -0.814. The molecule has 0 aliphatic rings. The molecule has 1 N–H and O–H groups in total. The van der Waals surface area contributed by atoms with Crippen molar-refractivity contribution in [1.29, 1.82) is 0 Å². The number of benzene rings is 1. The highest BCUT2D eigenvalue weighted by Crippen LogP contribution is 2.30. The Bertz CT molecular complexity index is 377. The molecule has 0 saturated heterocycles. The molecule has 0 heterocycles. The van der Waals surface area contributed by atoms with Crippen LogP contribution in [0.3, 0.4) is 0 Å². The molecule has 1 aromatic carbocycles. The molecule has 0 saturated carbocycles. The van der Waals surface area contributed by atoms with Crippen LogP contribution in [-0.4, -0.2) is 18.2 Å². The molecule has 3 nitrogen and oxygen atoms in total. The summed E-state index contributed by atoms with van der Waals surface area (Å²) in [5.41, 5.74) is 0.732. The fraction of sp³-hybridized carbons (Fsp3) is 0.417. The molecule has 16 heavy (non-hydrogen) atoms. The third kappa shape index (κ3) is 2.89. The van der Waals surface area contributed by atoms with Crippen LogP contribution in [-0.2, 0) is 4.79 Å². The number of rotatable bonds is 5. The van der Waals surface area contributed by atoms with Crippen LogP contribution in [0.5, 0.6) is 5.75 Å². The lowest BCUT2D eigenvalue weighted by Gasteiger charge is -2.13. The SMILES string of the molecule is CCCC(C(=O)O)c1ccc(Cl)c(OC)c1. The maximum absolute atomic E-state index is 11.1. The molecule has 0 aliphatic heterocycles. The molecule has 88 valence electrons. The highest BCUT2D eigenvalue weighted by atomic mass is 35.5. The first-order valence-corrected chi connectivity index (χ1v) is 5.54. The standard InChI is InChI=1S/C12H15ClO3/c1-3-4-9(12(14)15)8-5-6-10(13)11(7-8)16-2/h5-7,9H,3-4H2,1-2H3,(H,14,15). The molecule has 0 aliphatic carbocycles. The molecule has 0 bridgehead atoms. The number of hydrogen-bond acceptors (Lipinski definition) is 2. The molecule has 1 rings (SSSR count). The Kier molecular flexibility index (Phi) is 4.62. The summed E-state index contributed by atoms with van der Waals surface area (Å²) >= 11 is 5.89. The number of aliphatic carboxylic acids is 1. The monoisotopic (exact) mass is 242 g/mol. The molecular formula is C12H15ClO3. The van der Waals surface area contributed by atoms with E-state index in [1.165, 1.54) is 7.11 Å². The molecule has 0 aromatic heterocycles. The zero-order valence-electron chi connectivity index (χ0n) is 9.37. The predicted octanol–water partition coefficient (Wildman–Crippen LogP) is 3.32. The maximum Gasteiger partial charge on any atom is 0.310 e. The summed E-state index contributed by atoms with van der Waals surface area (Å²) in [7, 11) is 1.51. The second-order valence-electron chi connectivity index (χ2n) is 3.57. The van der Waals surface area contributed by atoms with E-state index in [4.69, 9.17) is 21.4 Å². The van der Waals surface area contributed by atoms with Gasteiger partial charge in [0, 0.05) is 0 Å². The second-order valence-corrected chi connectivity index (χ2v) is 3.98. The number of carboxylic acid groups (broad SMARTS) is 1. The van der Waals surface area contributed by atoms with Gasteiger partial charge < -0.3 is 9.84 Å². The van der Waals surface area contributed by atoms with Crippen LogP contribution in [0.1, 0.15) is 31.2 Å². The van der Waals surface area contributed by atoms with Gasteiger partial charge >= 0.3 is 5.97 Å². The van der Waals surface area contributed by atoms with Gasteiger partial charge in [0.25, 0.3) is 0 Å². The van der Waals surface area contributed by atoms with Gasteiger partial charge in [-0.2, -0.15) is 0 Å². The van der Waals surface area contributed by atoms with Crippen LogP contribution >= 0.6 is 11.6 Å². The van der Waals surface area contributed by atoms with E-state index in [0.29, 0.717) is 17.2 Å². The number of halogens is 1. The molecule has 0 amide bonds. The van der Waals surface area contributed by atoms with Crippen molar-refractivity contribution in [3.05, 3.63) is 28.8 Å². The lowest BCUT2D eigenvalue weighted by molar-refractivity contribution is -0.139. The van der Waals surface area contributed by atoms with Crippen molar-refractivity contribution >= 4 is 17.6 Å². The Balaban J connectivity index is 3.05. The van der Waals surface area contributed by atoms with Crippen molar-refractivity contribution in [3.8, 4) is 5.75 Å². The largest absolute Gasteiger partial charge is 0.495 e. The lowest BCUT2D eigenvalue weighted by Crippen LogP contribution is -2.11. The van der Waals surface area contributed by atoms with E-state index in [2.05, 4.69) is 0 Å². The lowest BCUT2D eigenvalue weighted by atomic mass is 9.94. The van der Waals surface area contributed by atoms with Gasteiger partial charge in [-0.25, -0.2) is 0 Å². The zero-order valence-corrected chi connectivity index (χ0v) is 10.1. The number of methoxy groups -OCH3 is 1. The first-order valence-electron chi connectivity index (χ1n) is 5.16. The maximum atomic E-state index is 11.1. The molecular weight excluding hydrogens is 228 g/mol. The van der Waals surface area contributed by atoms with Crippen LogP contribution < -0.4 is 4.74 Å². The molecule has 0 spiro atoms.